The van der Waals surface area contributed by atoms with Crippen molar-refractivity contribution in [3.05, 3.63) is 54.6 Å². The van der Waals surface area contributed by atoms with E-state index in [1.54, 1.807) is 7.05 Å². The summed E-state index contributed by atoms with van der Waals surface area (Å²) in [5.41, 5.74) is 2.56. The molecule has 0 bridgehead atoms. The van der Waals surface area contributed by atoms with Crippen LogP contribution >= 0.6 is 0 Å². The second kappa shape index (κ2) is 6.10. The van der Waals surface area contributed by atoms with Crippen LogP contribution in [0.15, 0.2) is 59.6 Å². The number of rotatable bonds is 1. The molecule has 102 valence electrons. The average molecular weight is 268 g/mol. The molecular formula is C16H18N3O+. The molecule has 4 heteroatoms. The van der Waals surface area contributed by atoms with E-state index in [1.165, 1.54) is 4.90 Å². The molecule has 0 saturated carbocycles. The lowest BCUT2D eigenvalue weighted by atomic mass is 10.1. The number of hydrogen-bond acceptors (Lipinski definition) is 1. The number of allylic oxidation sites excluding steroid dienone is 4. The summed E-state index contributed by atoms with van der Waals surface area (Å²) in [5, 5.41) is 0. The Balaban J connectivity index is 2.13. The molecule has 2 rings (SSSR count). The van der Waals surface area contributed by atoms with E-state index in [0.717, 1.165) is 11.4 Å². The summed E-state index contributed by atoms with van der Waals surface area (Å²) >= 11 is 0. The van der Waals surface area contributed by atoms with Crippen LogP contribution in [0.4, 0.5) is 10.5 Å². The van der Waals surface area contributed by atoms with Crippen LogP contribution in [0, 0.1) is 0 Å². The maximum absolute atomic E-state index is 12.1. The third kappa shape index (κ3) is 3.29. The maximum atomic E-state index is 12.1. The lowest BCUT2D eigenvalue weighted by Gasteiger charge is -2.14. The first-order valence-corrected chi connectivity index (χ1v) is 6.40. The van der Waals surface area contributed by atoms with Gasteiger partial charge in [0.05, 0.1) is 5.71 Å². The number of urea groups is 1. The van der Waals surface area contributed by atoms with Gasteiger partial charge in [-0.1, -0.05) is 18.2 Å². The number of carbonyl (C=O) groups is 1. The number of hydrogen-bond donors (Lipinski definition) is 0. The van der Waals surface area contributed by atoms with Gasteiger partial charge in [-0.25, -0.2) is 9.37 Å². The first-order valence-electron chi connectivity index (χ1n) is 6.40. The lowest BCUT2D eigenvalue weighted by molar-refractivity contribution is -0.462. The summed E-state index contributed by atoms with van der Waals surface area (Å²) in [7, 11) is 5.66. The lowest BCUT2D eigenvalue weighted by Crippen LogP contribution is -2.24. The van der Waals surface area contributed by atoms with Gasteiger partial charge < -0.3 is 0 Å². The van der Waals surface area contributed by atoms with E-state index >= 15 is 0 Å². The quantitative estimate of drug-likeness (QED) is 0.569. The van der Waals surface area contributed by atoms with E-state index in [1.807, 2.05) is 73.3 Å². The summed E-state index contributed by atoms with van der Waals surface area (Å²) < 4.78 is 2.00. The summed E-state index contributed by atoms with van der Waals surface area (Å²) in [4.78, 5) is 17.7. The fourth-order valence-electron chi connectivity index (χ4n) is 1.77. The minimum Gasteiger partial charge on any atom is -0.296 e. The average Bonchev–Trinajstić information content (AvgIpc) is 2.48. The highest BCUT2D eigenvalue weighted by Gasteiger charge is 2.11. The third-order valence-corrected chi connectivity index (χ3v) is 3.02. The number of nitrogens with zero attached hydrogens (tertiary/aromatic N) is 3. The molecule has 1 aromatic carbocycles. The zero-order valence-electron chi connectivity index (χ0n) is 11.9. The molecule has 1 aliphatic carbocycles. The molecule has 0 heterocycles. The Kier molecular flexibility index (Phi) is 4.25. The highest BCUT2D eigenvalue weighted by atomic mass is 16.2. The first-order chi connectivity index (χ1) is 9.58. The molecular weight excluding hydrogens is 250 g/mol. The zero-order chi connectivity index (χ0) is 14.5. The van der Waals surface area contributed by atoms with Crippen molar-refractivity contribution in [3.63, 3.8) is 0 Å². The van der Waals surface area contributed by atoms with E-state index in [2.05, 4.69) is 4.99 Å². The first kappa shape index (κ1) is 13.9. The Bertz CT molecular complexity index is 602. The van der Waals surface area contributed by atoms with Gasteiger partial charge in [0.15, 0.2) is 5.71 Å². The van der Waals surface area contributed by atoms with Crippen molar-refractivity contribution in [3.8, 4) is 0 Å². The molecule has 0 aliphatic heterocycles. The van der Waals surface area contributed by atoms with Crippen molar-refractivity contribution in [2.75, 3.05) is 26.0 Å². The van der Waals surface area contributed by atoms with E-state index in [-0.39, 0.29) is 6.03 Å². The largest absolute Gasteiger partial charge is 0.348 e. The van der Waals surface area contributed by atoms with E-state index in [9.17, 15) is 4.79 Å². The molecule has 0 unspecified atom stereocenters. The molecule has 1 aromatic rings. The highest BCUT2D eigenvalue weighted by Crippen LogP contribution is 2.12. The van der Waals surface area contributed by atoms with Crippen LogP contribution in [-0.4, -0.2) is 43.2 Å². The van der Waals surface area contributed by atoms with Crippen LogP contribution in [0.25, 0.3) is 0 Å². The number of para-hydroxylation sites is 1. The van der Waals surface area contributed by atoms with Crippen molar-refractivity contribution >= 4 is 23.1 Å². The van der Waals surface area contributed by atoms with Crippen LogP contribution in [0.2, 0.25) is 0 Å². The smallest absolute Gasteiger partial charge is 0.296 e. The summed E-state index contributed by atoms with van der Waals surface area (Å²) in [6.45, 7) is 0. The van der Waals surface area contributed by atoms with E-state index in [0.29, 0.717) is 5.71 Å². The fraction of sp³-hybridized carbons (Fsp3) is 0.188. The molecule has 0 N–H and O–H groups in total. The number of anilines is 1. The number of benzene rings is 1. The van der Waals surface area contributed by atoms with Crippen molar-refractivity contribution in [2.45, 2.75) is 0 Å². The molecule has 0 saturated heterocycles. The second-order valence-electron chi connectivity index (χ2n) is 4.70. The van der Waals surface area contributed by atoms with E-state index < -0.39 is 0 Å². The van der Waals surface area contributed by atoms with Gasteiger partial charge in [0.25, 0.3) is 0 Å². The van der Waals surface area contributed by atoms with Gasteiger partial charge in [-0.15, -0.1) is 0 Å². The van der Waals surface area contributed by atoms with Gasteiger partial charge in [-0.05, 0) is 24.3 Å². The van der Waals surface area contributed by atoms with Crippen LogP contribution in [-0.2, 0) is 0 Å². The fourth-order valence-corrected chi connectivity index (χ4v) is 1.77. The molecule has 0 spiro atoms. The molecule has 1 aliphatic rings. The van der Waals surface area contributed by atoms with Crippen LogP contribution in [0.1, 0.15) is 0 Å². The predicted octanol–water partition coefficient (Wildman–Crippen LogP) is 2.52. The van der Waals surface area contributed by atoms with Gasteiger partial charge in [-0.2, -0.15) is 4.99 Å². The highest BCUT2D eigenvalue weighted by molar-refractivity contribution is 6.19. The Morgan fingerprint density at radius 3 is 2.20 bits per heavy atom. The summed E-state index contributed by atoms with van der Waals surface area (Å²) in [5.74, 6) is 0. The second-order valence-corrected chi connectivity index (χ2v) is 4.70. The van der Waals surface area contributed by atoms with Gasteiger partial charge in [0, 0.05) is 24.9 Å². The number of carbonyl (C=O) groups excluding carboxylic acids is 1. The Morgan fingerprint density at radius 1 is 1.05 bits per heavy atom. The molecule has 0 fully saturated rings. The van der Waals surface area contributed by atoms with Crippen molar-refractivity contribution in [1.82, 2.24) is 0 Å². The van der Waals surface area contributed by atoms with Crippen molar-refractivity contribution in [1.29, 1.82) is 0 Å². The Labute approximate surface area is 119 Å². The van der Waals surface area contributed by atoms with Crippen LogP contribution < -0.4 is 4.90 Å². The minimum atomic E-state index is -0.284. The topological polar surface area (TPSA) is 35.7 Å². The Hall–Kier alpha value is -2.49. The minimum absolute atomic E-state index is 0.284. The summed E-state index contributed by atoms with van der Waals surface area (Å²) in [6, 6.07) is 9.17. The molecule has 20 heavy (non-hydrogen) atoms. The zero-order valence-corrected chi connectivity index (χ0v) is 11.9. The van der Waals surface area contributed by atoms with Gasteiger partial charge in [0.1, 0.15) is 14.1 Å². The standard InChI is InChI=1S/C16H18N3O/c1-18(2)14-11-9-13(10-12-14)17-16(20)19(3)15-7-5-4-6-8-15/h4-12H,1-3H3/q+1. The molecule has 2 amide bonds. The van der Waals surface area contributed by atoms with Gasteiger partial charge in [-0.3, -0.25) is 4.90 Å². The predicted molar refractivity (Wildman–Crippen MR) is 83.1 cm³/mol. The van der Waals surface area contributed by atoms with Crippen molar-refractivity contribution < 1.29 is 9.37 Å². The number of amides is 2. The Morgan fingerprint density at radius 2 is 1.65 bits per heavy atom. The molecule has 0 aromatic heterocycles. The van der Waals surface area contributed by atoms with Crippen LogP contribution in [0.5, 0.6) is 0 Å². The molecule has 0 radical (unpaired) electrons. The SMILES string of the molecule is CN(C(=O)N=C1C=CC(=[N+](C)C)C=C1)c1ccccc1. The van der Waals surface area contributed by atoms with Crippen LogP contribution in [0.3, 0.4) is 0 Å². The summed E-state index contributed by atoms with van der Waals surface area (Å²) in [6.07, 6.45) is 7.56. The monoisotopic (exact) mass is 268 g/mol. The maximum Gasteiger partial charge on any atom is 0.348 e. The van der Waals surface area contributed by atoms with Crippen molar-refractivity contribution in [2.24, 2.45) is 4.99 Å². The normalized spacial score (nSPS) is 13.3. The third-order valence-electron chi connectivity index (χ3n) is 3.02. The van der Waals surface area contributed by atoms with Gasteiger partial charge in [0.2, 0.25) is 0 Å². The number of aliphatic imine (C=N–C) groups is 1. The molecule has 4 nitrogen and oxygen atoms in total. The molecule has 0 atom stereocenters. The van der Waals surface area contributed by atoms with Gasteiger partial charge >= 0.3 is 6.03 Å². The van der Waals surface area contributed by atoms with E-state index in [4.69, 9.17) is 0 Å².